The first-order chi connectivity index (χ1) is 9.24. The summed E-state index contributed by atoms with van der Waals surface area (Å²) in [5.74, 6) is -0.242. The molecule has 0 aliphatic heterocycles. The van der Waals surface area contributed by atoms with E-state index in [0.717, 1.165) is 11.4 Å². The van der Waals surface area contributed by atoms with Gasteiger partial charge >= 0.3 is 5.97 Å². The Morgan fingerprint density at radius 3 is 2.68 bits per heavy atom. The third kappa shape index (κ3) is 3.16. The molecule has 19 heavy (non-hydrogen) atoms. The average molecular weight is 258 g/mol. The molecule has 0 amide bonds. The monoisotopic (exact) mass is 258 g/mol. The number of benzene rings is 1. The molecule has 2 aromatic rings. The number of nitrogens with zero attached hydrogens (tertiary/aromatic N) is 1. The highest BCUT2D eigenvalue weighted by Gasteiger charge is 2.16. The minimum atomic E-state index is -0.315. The molecule has 1 heterocycles. The van der Waals surface area contributed by atoms with Crippen molar-refractivity contribution in [1.82, 2.24) is 4.57 Å². The molecule has 1 aromatic heterocycles. The third-order valence-corrected chi connectivity index (χ3v) is 2.98. The van der Waals surface area contributed by atoms with Crippen molar-refractivity contribution < 1.29 is 9.53 Å². The summed E-state index contributed by atoms with van der Waals surface area (Å²) in [5, 5.41) is 3.19. The van der Waals surface area contributed by atoms with Gasteiger partial charge in [0.15, 0.2) is 0 Å². The van der Waals surface area contributed by atoms with Gasteiger partial charge in [0.05, 0.1) is 7.11 Å². The minimum Gasteiger partial charge on any atom is -0.467 e. The number of methoxy groups -OCH3 is 1. The van der Waals surface area contributed by atoms with E-state index in [2.05, 4.69) is 5.32 Å². The highest BCUT2D eigenvalue weighted by Crippen LogP contribution is 2.16. The lowest BCUT2D eigenvalue weighted by Gasteiger charge is -2.16. The Hall–Kier alpha value is -2.23. The molecule has 1 unspecified atom stereocenters. The van der Waals surface area contributed by atoms with Crippen LogP contribution in [0.4, 0.5) is 5.69 Å². The first-order valence-electron chi connectivity index (χ1n) is 6.32. The maximum Gasteiger partial charge on any atom is 0.328 e. The number of rotatable bonds is 5. The zero-order valence-electron chi connectivity index (χ0n) is 11.2. The molecular weight excluding hydrogens is 240 g/mol. The highest BCUT2D eigenvalue weighted by atomic mass is 16.5. The van der Waals surface area contributed by atoms with Gasteiger partial charge in [0, 0.05) is 23.8 Å². The summed E-state index contributed by atoms with van der Waals surface area (Å²) >= 11 is 0. The van der Waals surface area contributed by atoms with E-state index in [9.17, 15) is 4.79 Å². The van der Waals surface area contributed by atoms with Crippen molar-refractivity contribution in [3.8, 4) is 5.69 Å². The molecule has 0 saturated heterocycles. The lowest BCUT2D eigenvalue weighted by atomic mass is 10.2. The fraction of sp³-hybridized carbons (Fsp3) is 0.267. The molecule has 0 fully saturated rings. The van der Waals surface area contributed by atoms with E-state index >= 15 is 0 Å². The van der Waals surface area contributed by atoms with Crippen LogP contribution in [0.25, 0.3) is 5.69 Å². The standard InChI is InChI=1S/C15H18N2O2/c1-3-14(15(18)19-2)16-12-7-6-8-13(11-12)17-9-4-5-10-17/h4-11,14,16H,3H2,1-2H3. The lowest BCUT2D eigenvalue weighted by molar-refractivity contribution is -0.141. The number of nitrogens with one attached hydrogen (secondary N) is 1. The Balaban J connectivity index is 2.17. The Bertz CT molecular complexity index is 535. The van der Waals surface area contributed by atoms with Crippen molar-refractivity contribution in [3.63, 3.8) is 0 Å². The Morgan fingerprint density at radius 2 is 2.05 bits per heavy atom. The molecule has 100 valence electrons. The van der Waals surface area contributed by atoms with Crippen molar-refractivity contribution >= 4 is 11.7 Å². The van der Waals surface area contributed by atoms with Gasteiger partial charge in [-0.05, 0) is 36.8 Å². The van der Waals surface area contributed by atoms with Gasteiger partial charge in [-0.3, -0.25) is 0 Å². The van der Waals surface area contributed by atoms with Crippen LogP contribution in [0.15, 0.2) is 48.8 Å². The van der Waals surface area contributed by atoms with Crippen molar-refractivity contribution in [2.24, 2.45) is 0 Å². The van der Waals surface area contributed by atoms with Crippen LogP contribution in [-0.4, -0.2) is 23.7 Å². The van der Waals surface area contributed by atoms with Gasteiger partial charge in [-0.15, -0.1) is 0 Å². The number of anilines is 1. The van der Waals surface area contributed by atoms with Crippen molar-refractivity contribution in [2.75, 3.05) is 12.4 Å². The van der Waals surface area contributed by atoms with Crippen LogP contribution < -0.4 is 5.32 Å². The predicted molar refractivity (Wildman–Crippen MR) is 75.5 cm³/mol. The van der Waals surface area contributed by atoms with Crippen LogP contribution in [-0.2, 0) is 9.53 Å². The van der Waals surface area contributed by atoms with Crippen molar-refractivity contribution in [2.45, 2.75) is 19.4 Å². The summed E-state index contributed by atoms with van der Waals surface area (Å²) in [4.78, 5) is 11.6. The molecule has 4 heteroatoms. The van der Waals surface area contributed by atoms with Crippen LogP contribution >= 0.6 is 0 Å². The van der Waals surface area contributed by atoms with Crippen LogP contribution in [0.5, 0.6) is 0 Å². The zero-order valence-corrected chi connectivity index (χ0v) is 11.2. The topological polar surface area (TPSA) is 43.3 Å². The van der Waals surface area contributed by atoms with E-state index in [-0.39, 0.29) is 12.0 Å². The fourth-order valence-corrected chi connectivity index (χ4v) is 1.93. The van der Waals surface area contributed by atoms with Gasteiger partial charge in [-0.1, -0.05) is 13.0 Å². The summed E-state index contributed by atoms with van der Waals surface area (Å²) in [6.45, 7) is 1.95. The highest BCUT2D eigenvalue weighted by molar-refractivity contribution is 5.79. The number of ether oxygens (including phenoxy) is 1. The van der Waals surface area contributed by atoms with Crippen LogP contribution in [0, 0.1) is 0 Å². The van der Waals surface area contributed by atoms with Crippen LogP contribution in [0.1, 0.15) is 13.3 Å². The van der Waals surface area contributed by atoms with Crippen molar-refractivity contribution in [3.05, 3.63) is 48.8 Å². The first kappa shape index (κ1) is 13.2. The molecular formula is C15H18N2O2. The first-order valence-corrected chi connectivity index (χ1v) is 6.32. The number of carbonyl (C=O) groups is 1. The van der Waals surface area contributed by atoms with Gasteiger partial charge in [0.25, 0.3) is 0 Å². The number of esters is 1. The molecule has 1 N–H and O–H groups in total. The summed E-state index contributed by atoms with van der Waals surface area (Å²) in [6.07, 6.45) is 4.65. The summed E-state index contributed by atoms with van der Waals surface area (Å²) < 4.78 is 6.79. The molecule has 1 aromatic carbocycles. The molecule has 0 radical (unpaired) electrons. The Morgan fingerprint density at radius 1 is 1.32 bits per heavy atom. The predicted octanol–water partition coefficient (Wildman–Crippen LogP) is 2.84. The smallest absolute Gasteiger partial charge is 0.328 e. The Labute approximate surface area is 113 Å². The van der Waals surface area contributed by atoms with E-state index in [1.165, 1.54) is 7.11 Å². The summed E-state index contributed by atoms with van der Waals surface area (Å²) in [7, 11) is 1.41. The molecule has 1 atom stereocenters. The van der Waals surface area contributed by atoms with Gasteiger partial charge in [-0.2, -0.15) is 0 Å². The second-order valence-electron chi connectivity index (χ2n) is 4.27. The Kier molecular flexibility index (Phi) is 4.23. The number of hydrogen-bond donors (Lipinski definition) is 1. The van der Waals surface area contributed by atoms with E-state index in [1.54, 1.807) is 0 Å². The molecule has 0 aliphatic rings. The largest absolute Gasteiger partial charge is 0.467 e. The molecule has 0 saturated carbocycles. The number of aromatic nitrogens is 1. The summed E-state index contributed by atoms with van der Waals surface area (Å²) in [5.41, 5.74) is 1.96. The molecule has 4 nitrogen and oxygen atoms in total. The zero-order chi connectivity index (χ0) is 13.7. The molecule has 2 rings (SSSR count). The van der Waals surface area contributed by atoms with E-state index in [0.29, 0.717) is 6.42 Å². The maximum absolute atomic E-state index is 11.6. The quantitative estimate of drug-likeness (QED) is 0.839. The second-order valence-corrected chi connectivity index (χ2v) is 4.27. The fourth-order valence-electron chi connectivity index (χ4n) is 1.93. The van der Waals surface area contributed by atoms with E-state index in [1.807, 2.05) is 60.3 Å². The molecule has 0 aliphatic carbocycles. The maximum atomic E-state index is 11.6. The third-order valence-electron chi connectivity index (χ3n) is 2.98. The lowest BCUT2D eigenvalue weighted by Crippen LogP contribution is -2.29. The number of hydrogen-bond acceptors (Lipinski definition) is 3. The SMILES string of the molecule is CCC(Nc1cccc(-n2cccc2)c1)C(=O)OC. The molecule has 0 bridgehead atoms. The normalized spacial score (nSPS) is 11.9. The minimum absolute atomic E-state index is 0.242. The number of carbonyl (C=O) groups excluding carboxylic acids is 1. The summed E-state index contributed by atoms with van der Waals surface area (Å²) in [6, 6.07) is 11.6. The van der Waals surface area contributed by atoms with Gasteiger partial charge in [-0.25, -0.2) is 4.79 Å². The van der Waals surface area contributed by atoms with Crippen molar-refractivity contribution in [1.29, 1.82) is 0 Å². The second kappa shape index (κ2) is 6.09. The van der Waals surface area contributed by atoms with Crippen LogP contribution in [0.3, 0.4) is 0 Å². The van der Waals surface area contributed by atoms with E-state index in [4.69, 9.17) is 4.74 Å². The van der Waals surface area contributed by atoms with Gasteiger partial charge < -0.3 is 14.6 Å². The van der Waals surface area contributed by atoms with E-state index < -0.39 is 0 Å². The van der Waals surface area contributed by atoms with Gasteiger partial charge in [0.2, 0.25) is 0 Å². The average Bonchev–Trinajstić information content (AvgIpc) is 2.98. The van der Waals surface area contributed by atoms with Crippen LogP contribution in [0.2, 0.25) is 0 Å². The molecule has 0 spiro atoms. The van der Waals surface area contributed by atoms with Gasteiger partial charge in [0.1, 0.15) is 6.04 Å².